The zero-order valence-corrected chi connectivity index (χ0v) is 11.5. The highest BCUT2D eigenvalue weighted by Gasteiger charge is 2.25. The second-order valence-corrected chi connectivity index (χ2v) is 6.89. The lowest BCUT2D eigenvalue weighted by molar-refractivity contribution is 0.0305. The van der Waals surface area contributed by atoms with E-state index in [9.17, 15) is 8.42 Å². The third-order valence-electron chi connectivity index (χ3n) is 2.99. The second-order valence-electron chi connectivity index (χ2n) is 4.45. The average Bonchev–Trinajstić information content (AvgIpc) is 2.29. The van der Waals surface area contributed by atoms with E-state index in [-0.39, 0.29) is 22.4 Å². The monoisotopic (exact) mass is 289 g/mol. The molecular weight excluding hydrogens is 274 g/mol. The Morgan fingerprint density at radius 2 is 2.17 bits per heavy atom. The molecule has 0 saturated carbocycles. The van der Waals surface area contributed by atoms with Crippen LogP contribution in [0.1, 0.15) is 19.3 Å². The van der Waals surface area contributed by atoms with Crippen LogP contribution in [0.25, 0.3) is 0 Å². The maximum absolute atomic E-state index is 12.2. The van der Waals surface area contributed by atoms with Crippen LogP contribution < -0.4 is 5.73 Å². The van der Waals surface area contributed by atoms with Gasteiger partial charge in [-0.05, 0) is 37.5 Å². The molecule has 1 aromatic carbocycles. The van der Waals surface area contributed by atoms with Crippen LogP contribution in [-0.4, -0.2) is 26.9 Å². The summed E-state index contributed by atoms with van der Waals surface area (Å²) in [5.74, 6) is -0.0150. The van der Waals surface area contributed by atoms with Gasteiger partial charge >= 0.3 is 0 Å². The third-order valence-corrected chi connectivity index (χ3v) is 5.07. The summed E-state index contributed by atoms with van der Waals surface area (Å²) in [4.78, 5) is 0.140. The highest BCUT2D eigenvalue weighted by molar-refractivity contribution is 7.91. The minimum Gasteiger partial charge on any atom is -0.398 e. The Kier molecular flexibility index (Phi) is 4.14. The number of sulfone groups is 1. The normalized spacial score (nSPS) is 20.8. The molecule has 0 spiro atoms. The number of benzene rings is 1. The summed E-state index contributed by atoms with van der Waals surface area (Å²) < 4.78 is 29.9. The van der Waals surface area contributed by atoms with Crippen molar-refractivity contribution < 1.29 is 13.2 Å². The Morgan fingerprint density at radius 1 is 1.39 bits per heavy atom. The van der Waals surface area contributed by atoms with Gasteiger partial charge in [-0.15, -0.1) is 0 Å². The van der Waals surface area contributed by atoms with Crippen LogP contribution in [-0.2, 0) is 14.6 Å². The quantitative estimate of drug-likeness (QED) is 0.867. The molecule has 2 N–H and O–H groups in total. The van der Waals surface area contributed by atoms with E-state index in [0.717, 1.165) is 19.3 Å². The lowest BCUT2D eigenvalue weighted by Gasteiger charge is -2.22. The van der Waals surface area contributed by atoms with Gasteiger partial charge in [-0.2, -0.15) is 0 Å². The molecule has 4 nitrogen and oxygen atoms in total. The van der Waals surface area contributed by atoms with Gasteiger partial charge in [0.25, 0.3) is 0 Å². The van der Waals surface area contributed by atoms with Crippen LogP contribution in [0, 0.1) is 0 Å². The van der Waals surface area contributed by atoms with E-state index >= 15 is 0 Å². The van der Waals surface area contributed by atoms with Crippen LogP contribution in [0.15, 0.2) is 23.1 Å². The fourth-order valence-corrected chi connectivity index (χ4v) is 3.88. The molecule has 1 saturated heterocycles. The fourth-order valence-electron chi connectivity index (χ4n) is 2.08. The predicted octanol–water partition coefficient (Wildman–Crippen LogP) is 2.27. The van der Waals surface area contributed by atoms with E-state index in [1.54, 1.807) is 0 Å². The van der Waals surface area contributed by atoms with Crippen molar-refractivity contribution in [2.24, 2.45) is 0 Å². The summed E-state index contributed by atoms with van der Waals surface area (Å²) >= 11 is 5.76. The SMILES string of the molecule is Nc1cc(Cl)ccc1S(=O)(=O)CC1CCCCO1. The molecule has 1 atom stereocenters. The van der Waals surface area contributed by atoms with E-state index in [1.165, 1.54) is 18.2 Å². The first-order valence-electron chi connectivity index (χ1n) is 5.88. The van der Waals surface area contributed by atoms with Gasteiger partial charge in [0, 0.05) is 11.6 Å². The van der Waals surface area contributed by atoms with Crippen LogP contribution in [0.5, 0.6) is 0 Å². The molecule has 1 heterocycles. The van der Waals surface area contributed by atoms with Crippen LogP contribution in [0.4, 0.5) is 5.69 Å². The molecule has 1 fully saturated rings. The number of nitrogens with two attached hydrogens (primary N) is 1. The van der Waals surface area contributed by atoms with Crippen molar-refractivity contribution in [1.29, 1.82) is 0 Å². The Morgan fingerprint density at radius 3 is 2.78 bits per heavy atom. The summed E-state index contributed by atoms with van der Waals surface area (Å²) in [6, 6.07) is 4.44. The maximum atomic E-state index is 12.2. The third kappa shape index (κ3) is 3.16. The van der Waals surface area contributed by atoms with Gasteiger partial charge < -0.3 is 10.5 Å². The predicted molar refractivity (Wildman–Crippen MR) is 71.5 cm³/mol. The molecule has 100 valence electrons. The molecule has 0 amide bonds. The molecule has 1 aliphatic rings. The van der Waals surface area contributed by atoms with E-state index in [1.807, 2.05) is 0 Å². The van der Waals surface area contributed by atoms with Crippen molar-refractivity contribution in [1.82, 2.24) is 0 Å². The zero-order chi connectivity index (χ0) is 13.2. The number of anilines is 1. The number of hydrogen-bond donors (Lipinski definition) is 1. The standard InChI is InChI=1S/C12H16ClNO3S/c13-9-4-5-12(11(14)7-9)18(15,16)8-10-3-1-2-6-17-10/h4-5,7,10H,1-3,6,8,14H2. The molecular formula is C12H16ClNO3S. The molecule has 0 bridgehead atoms. The molecule has 0 radical (unpaired) electrons. The van der Waals surface area contributed by atoms with Gasteiger partial charge in [-0.3, -0.25) is 0 Å². The number of rotatable bonds is 3. The Labute approximate surface area is 112 Å². The number of halogens is 1. The van der Waals surface area contributed by atoms with Crippen LogP contribution in [0.3, 0.4) is 0 Å². The summed E-state index contributed by atoms with van der Waals surface area (Å²) in [7, 11) is -3.42. The van der Waals surface area contributed by atoms with Gasteiger partial charge in [0.05, 0.1) is 22.4 Å². The molecule has 1 unspecified atom stereocenters. The van der Waals surface area contributed by atoms with Crippen molar-refractivity contribution in [2.45, 2.75) is 30.3 Å². The molecule has 18 heavy (non-hydrogen) atoms. The first-order valence-corrected chi connectivity index (χ1v) is 7.91. The van der Waals surface area contributed by atoms with E-state index < -0.39 is 9.84 Å². The molecule has 0 aromatic heterocycles. The molecule has 0 aliphatic carbocycles. The molecule has 1 aromatic rings. The summed E-state index contributed by atoms with van der Waals surface area (Å²) in [5.41, 5.74) is 5.90. The van der Waals surface area contributed by atoms with Crippen molar-refractivity contribution in [3.05, 3.63) is 23.2 Å². The van der Waals surface area contributed by atoms with Crippen molar-refractivity contribution >= 4 is 27.1 Å². The second kappa shape index (κ2) is 5.47. The molecule has 1 aliphatic heterocycles. The average molecular weight is 290 g/mol. The molecule has 2 rings (SSSR count). The number of ether oxygens (including phenoxy) is 1. The minimum atomic E-state index is -3.42. The first-order chi connectivity index (χ1) is 8.49. The lowest BCUT2D eigenvalue weighted by atomic mass is 10.1. The maximum Gasteiger partial charge on any atom is 0.182 e. The minimum absolute atomic E-state index is 0.0150. The van der Waals surface area contributed by atoms with Gasteiger partial charge in [0.15, 0.2) is 9.84 Å². The Bertz CT molecular complexity index is 524. The highest BCUT2D eigenvalue weighted by atomic mass is 35.5. The number of hydrogen-bond acceptors (Lipinski definition) is 4. The van der Waals surface area contributed by atoms with Gasteiger partial charge in [-0.1, -0.05) is 11.6 Å². The number of nitrogen functional groups attached to an aromatic ring is 1. The van der Waals surface area contributed by atoms with Crippen molar-refractivity contribution in [3.8, 4) is 0 Å². The molecule has 6 heteroatoms. The Hall–Kier alpha value is -0.780. The topological polar surface area (TPSA) is 69.4 Å². The first kappa shape index (κ1) is 13.6. The van der Waals surface area contributed by atoms with Gasteiger partial charge in [0.1, 0.15) is 0 Å². The Balaban J connectivity index is 2.19. The highest BCUT2D eigenvalue weighted by Crippen LogP contribution is 2.25. The van der Waals surface area contributed by atoms with Crippen LogP contribution in [0.2, 0.25) is 5.02 Å². The summed E-state index contributed by atoms with van der Waals surface area (Å²) in [5, 5.41) is 0.431. The zero-order valence-electron chi connectivity index (χ0n) is 9.93. The fraction of sp³-hybridized carbons (Fsp3) is 0.500. The van der Waals surface area contributed by atoms with Crippen molar-refractivity contribution in [3.63, 3.8) is 0 Å². The van der Waals surface area contributed by atoms with E-state index in [0.29, 0.717) is 11.6 Å². The smallest absolute Gasteiger partial charge is 0.182 e. The largest absolute Gasteiger partial charge is 0.398 e. The van der Waals surface area contributed by atoms with Crippen LogP contribution >= 0.6 is 11.6 Å². The van der Waals surface area contributed by atoms with Gasteiger partial charge in [0.2, 0.25) is 0 Å². The summed E-state index contributed by atoms with van der Waals surface area (Å²) in [6.07, 6.45) is 2.57. The summed E-state index contributed by atoms with van der Waals surface area (Å²) in [6.45, 7) is 0.635. The van der Waals surface area contributed by atoms with E-state index in [4.69, 9.17) is 22.1 Å². The van der Waals surface area contributed by atoms with Gasteiger partial charge in [-0.25, -0.2) is 8.42 Å². The van der Waals surface area contributed by atoms with Crippen molar-refractivity contribution in [2.75, 3.05) is 18.1 Å². The van der Waals surface area contributed by atoms with E-state index in [2.05, 4.69) is 0 Å². The lowest BCUT2D eigenvalue weighted by Crippen LogP contribution is -2.28.